The maximum Gasteiger partial charge on any atom is 0.310 e. The lowest BCUT2D eigenvalue weighted by molar-refractivity contribution is 0.364. The second-order valence-electron chi connectivity index (χ2n) is 6.63. The third-order valence-corrected chi connectivity index (χ3v) is 5.57. The second-order valence-corrected chi connectivity index (χ2v) is 9.04. The van der Waals surface area contributed by atoms with Gasteiger partial charge in [-0.2, -0.15) is 0 Å². The molecule has 3 aromatic rings. The molecule has 0 saturated heterocycles. The van der Waals surface area contributed by atoms with Crippen molar-refractivity contribution in [3.8, 4) is 22.3 Å². The SMILES string of the molecule is CCCc1ccc(-c2ccc(-c3ccc(S(F)(F)(F)(F)F)cc3)c(F)c2)cc1. The minimum atomic E-state index is -9.74. The van der Waals surface area contributed by atoms with Crippen LogP contribution in [0.1, 0.15) is 18.9 Å². The summed E-state index contributed by atoms with van der Waals surface area (Å²) >= 11 is 0. The van der Waals surface area contributed by atoms with Crippen LogP contribution in [-0.2, 0) is 6.42 Å². The Kier molecular flexibility index (Phi) is 4.58. The summed E-state index contributed by atoms with van der Waals surface area (Å²) in [7, 11) is -9.74. The molecule has 0 saturated carbocycles. The van der Waals surface area contributed by atoms with E-state index >= 15 is 0 Å². The van der Waals surface area contributed by atoms with Crippen LogP contribution in [0.25, 0.3) is 22.3 Å². The van der Waals surface area contributed by atoms with E-state index < -0.39 is 20.9 Å². The first-order valence-corrected chi connectivity index (χ1v) is 10.6. The molecule has 0 N–H and O–H groups in total. The lowest BCUT2D eigenvalue weighted by Gasteiger charge is -2.40. The topological polar surface area (TPSA) is 0 Å². The van der Waals surface area contributed by atoms with E-state index in [-0.39, 0.29) is 23.3 Å². The fourth-order valence-corrected chi connectivity index (χ4v) is 3.62. The van der Waals surface area contributed by atoms with Crippen molar-refractivity contribution in [3.63, 3.8) is 0 Å². The molecule has 0 fully saturated rings. The van der Waals surface area contributed by atoms with Gasteiger partial charge in [-0.3, -0.25) is 0 Å². The van der Waals surface area contributed by atoms with E-state index in [0.717, 1.165) is 30.5 Å². The van der Waals surface area contributed by atoms with Crippen molar-refractivity contribution in [3.05, 3.63) is 78.1 Å². The van der Waals surface area contributed by atoms with Crippen molar-refractivity contribution in [1.82, 2.24) is 0 Å². The Morgan fingerprint density at radius 3 is 1.71 bits per heavy atom. The number of aryl methyl sites for hydroxylation is 1. The van der Waals surface area contributed by atoms with E-state index in [9.17, 15) is 23.8 Å². The highest BCUT2D eigenvalue weighted by molar-refractivity contribution is 8.45. The summed E-state index contributed by atoms with van der Waals surface area (Å²) in [5.41, 5.74) is 2.73. The fraction of sp³-hybridized carbons (Fsp3) is 0.143. The normalized spacial score (nSPS) is 14.4. The summed E-state index contributed by atoms with van der Waals surface area (Å²) in [5.74, 6) is -0.643. The van der Waals surface area contributed by atoms with Gasteiger partial charge in [0.2, 0.25) is 0 Å². The van der Waals surface area contributed by atoms with Gasteiger partial charge >= 0.3 is 10.2 Å². The smallest absolute Gasteiger partial charge is 0.206 e. The van der Waals surface area contributed by atoms with E-state index in [1.54, 1.807) is 6.07 Å². The van der Waals surface area contributed by atoms with Gasteiger partial charge in [0.1, 0.15) is 10.7 Å². The van der Waals surface area contributed by atoms with E-state index in [1.807, 2.05) is 24.3 Å². The molecule has 0 nitrogen and oxygen atoms in total. The molecular weight excluding hydrogens is 398 g/mol. The van der Waals surface area contributed by atoms with E-state index in [1.165, 1.54) is 17.7 Å². The zero-order valence-electron chi connectivity index (χ0n) is 14.9. The highest BCUT2D eigenvalue weighted by atomic mass is 32.5. The average molecular weight is 416 g/mol. The van der Waals surface area contributed by atoms with Crippen molar-refractivity contribution < 1.29 is 23.8 Å². The third kappa shape index (κ3) is 4.52. The molecule has 0 aliphatic carbocycles. The number of rotatable bonds is 5. The zero-order chi connectivity index (χ0) is 20.6. The zero-order valence-corrected chi connectivity index (χ0v) is 15.8. The molecule has 7 heteroatoms. The number of benzene rings is 3. The van der Waals surface area contributed by atoms with Crippen molar-refractivity contribution in [2.45, 2.75) is 24.7 Å². The molecule has 0 unspecified atom stereocenters. The van der Waals surface area contributed by atoms with Crippen LogP contribution in [0.3, 0.4) is 0 Å². The highest BCUT2D eigenvalue weighted by Crippen LogP contribution is 3.02. The Hall–Kier alpha value is -2.41. The van der Waals surface area contributed by atoms with Crippen LogP contribution in [0.15, 0.2) is 71.6 Å². The first kappa shape index (κ1) is 20.3. The number of hydrogen-bond acceptors (Lipinski definition) is 0. The highest BCUT2D eigenvalue weighted by Gasteiger charge is 2.65. The standard InChI is InChI=1S/C21H18F6S/c1-2-3-15-4-6-16(7-5-15)18-10-13-20(21(22)14-18)17-8-11-19(12-9-17)28(23,24,25,26)27/h4-14H,2-3H2,1H3. The predicted molar refractivity (Wildman–Crippen MR) is 103 cm³/mol. The van der Waals surface area contributed by atoms with Crippen LogP contribution in [0, 0.1) is 5.82 Å². The summed E-state index contributed by atoms with van der Waals surface area (Å²) in [5, 5.41) is 0. The van der Waals surface area contributed by atoms with Gasteiger partial charge in [-0.05, 0) is 46.9 Å². The molecule has 0 amide bonds. The summed E-state index contributed by atoms with van der Waals surface area (Å²) in [4.78, 5) is -1.99. The monoisotopic (exact) mass is 416 g/mol. The lowest BCUT2D eigenvalue weighted by Crippen LogP contribution is -2.05. The van der Waals surface area contributed by atoms with Gasteiger partial charge in [-0.25, -0.2) is 4.39 Å². The average Bonchev–Trinajstić information content (AvgIpc) is 2.61. The Bertz CT molecular complexity index is 991. The predicted octanol–water partition coefficient (Wildman–Crippen LogP) is 8.77. The van der Waals surface area contributed by atoms with Crippen molar-refractivity contribution in [2.75, 3.05) is 0 Å². The van der Waals surface area contributed by atoms with Crippen LogP contribution in [-0.4, -0.2) is 0 Å². The molecule has 0 spiro atoms. The Balaban J connectivity index is 1.91. The number of halogens is 6. The molecule has 0 aliphatic rings. The largest absolute Gasteiger partial charge is 0.310 e. The molecule has 3 aromatic carbocycles. The minimum Gasteiger partial charge on any atom is -0.206 e. The van der Waals surface area contributed by atoms with Crippen LogP contribution >= 0.6 is 10.2 Å². The molecule has 0 radical (unpaired) electrons. The second kappa shape index (κ2) is 6.30. The summed E-state index contributed by atoms with van der Waals surface area (Å²) < 4.78 is 78.6. The molecule has 0 heterocycles. The Morgan fingerprint density at radius 1 is 0.679 bits per heavy atom. The van der Waals surface area contributed by atoms with Gasteiger partial charge in [0.25, 0.3) is 0 Å². The van der Waals surface area contributed by atoms with E-state index in [0.29, 0.717) is 5.56 Å². The van der Waals surface area contributed by atoms with Crippen LogP contribution < -0.4 is 0 Å². The van der Waals surface area contributed by atoms with Gasteiger partial charge in [-0.15, -0.1) is 0 Å². The van der Waals surface area contributed by atoms with E-state index in [4.69, 9.17) is 0 Å². The fourth-order valence-electron chi connectivity index (χ4n) is 2.97. The molecular formula is C21H18F6S. The van der Waals surface area contributed by atoms with Gasteiger partial charge in [0.05, 0.1) is 0 Å². The number of hydrogen-bond donors (Lipinski definition) is 0. The van der Waals surface area contributed by atoms with Crippen LogP contribution in [0.2, 0.25) is 0 Å². The summed E-state index contributed by atoms with van der Waals surface area (Å²) in [6.07, 6.45) is 1.96. The summed E-state index contributed by atoms with van der Waals surface area (Å²) in [6, 6.07) is 14.3. The van der Waals surface area contributed by atoms with Gasteiger partial charge in [0, 0.05) is 5.56 Å². The van der Waals surface area contributed by atoms with Gasteiger partial charge in [0.15, 0.2) is 0 Å². The maximum atomic E-state index is 14.5. The quantitative estimate of drug-likeness (QED) is 0.365. The first-order chi connectivity index (χ1) is 12.9. The van der Waals surface area contributed by atoms with Gasteiger partial charge in [-0.1, -0.05) is 81.3 Å². The van der Waals surface area contributed by atoms with E-state index in [2.05, 4.69) is 6.92 Å². The van der Waals surface area contributed by atoms with Crippen molar-refractivity contribution in [1.29, 1.82) is 0 Å². The molecule has 28 heavy (non-hydrogen) atoms. The van der Waals surface area contributed by atoms with Crippen LogP contribution in [0.4, 0.5) is 23.8 Å². The molecule has 0 atom stereocenters. The van der Waals surface area contributed by atoms with Crippen molar-refractivity contribution in [2.24, 2.45) is 0 Å². The van der Waals surface area contributed by atoms with Crippen LogP contribution in [0.5, 0.6) is 0 Å². The molecule has 150 valence electrons. The minimum absolute atomic E-state index is 0.0417. The molecule has 0 aromatic heterocycles. The Labute approximate surface area is 159 Å². The first-order valence-electron chi connectivity index (χ1n) is 8.61. The molecule has 0 aliphatic heterocycles. The Morgan fingerprint density at radius 2 is 1.21 bits per heavy atom. The summed E-state index contributed by atoms with van der Waals surface area (Å²) in [6.45, 7) is 2.08. The van der Waals surface area contributed by atoms with Crippen molar-refractivity contribution >= 4 is 10.2 Å². The third-order valence-electron chi connectivity index (χ3n) is 4.41. The molecule has 0 bridgehead atoms. The molecule has 3 rings (SSSR count). The maximum absolute atomic E-state index is 14.5. The van der Waals surface area contributed by atoms with Gasteiger partial charge < -0.3 is 0 Å². The lowest BCUT2D eigenvalue weighted by atomic mass is 9.98.